The van der Waals surface area contributed by atoms with E-state index in [0.29, 0.717) is 0 Å². The Morgan fingerprint density at radius 2 is 1.93 bits per heavy atom. The molecule has 1 saturated carbocycles. The van der Waals surface area contributed by atoms with Crippen molar-refractivity contribution in [2.75, 3.05) is 5.32 Å². The first-order chi connectivity index (χ1) is 7.16. The van der Waals surface area contributed by atoms with E-state index in [1.165, 1.54) is 31.0 Å². The third-order valence-electron chi connectivity index (χ3n) is 2.74. The molecule has 15 heavy (non-hydrogen) atoms. The zero-order valence-corrected chi connectivity index (χ0v) is 8.76. The molecule has 3 heteroatoms. The maximum absolute atomic E-state index is 13.3. The fraction of sp³-hybridized carbons (Fsp3) is 0.500. The Balaban J connectivity index is 2.01. The molecule has 0 bridgehead atoms. The summed E-state index contributed by atoms with van der Waals surface area (Å²) in [6.07, 6.45) is 3.51. The molecule has 0 heterocycles. The van der Waals surface area contributed by atoms with Crippen LogP contribution in [-0.2, 0) is 0 Å². The van der Waals surface area contributed by atoms with Crippen molar-refractivity contribution in [3.05, 3.63) is 29.8 Å². The van der Waals surface area contributed by atoms with Gasteiger partial charge in [0.25, 0.3) is 0 Å². The van der Waals surface area contributed by atoms with Gasteiger partial charge in [0.05, 0.1) is 0 Å². The number of anilines is 1. The Hall–Kier alpha value is -1.12. The van der Waals surface area contributed by atoms with E-state index in [1.54, 1.807) is 0 Å². The third-order valence-corrected chi connectivity index (χ3v) is 2.74. The Bertz CT molecular complexity index is 327. The van der Waals surface area contributed by atoms with Crippen LogP contribution in [0.25, 0.3) is 0 Å². The van der Waals surface area contributed by atoms with Crippen LogP contribution < -0.4 is 5.32 Å². The predicted molar refractivity (Wildman–Crippen MR) is 56.8 cm³/mol. The van der Waals surface area contributed by atoms with Crippen LogP contribution in [0.3, 0.4) is 0 Å². The van der Waals surface area contributed by atoms with E-state index in [0.717, 1.165) is 12.3 Å². The quantitative estimate of drug-likeness (QED) is 0.802. The van der Waals surface area contributed by atoms with Gasteiger partial charge < -0.3 is 5.32 Å². The highest BCUT2D eigenvalue weighted by Gasteiger charge is 2.24. The number of hydrogen-bond acceptors (Lipinski definition) is 1. The van der Waals surface area contributed by atoms with Crippen LogP contribution in [-0.4, -0.2) is 6.04 Å². The molecular weight excluding hydrogens is 196 g/mol. The first-order valence-electron chi connectivity index (χ1n) is 5.37. The van der Waals surface area contributed by atoms with Crippen molar-refractivity contribution in [3.63, 3.8) is 0 Å². The van der Waals surface area contributed by atoms with Gasteiger partial charge >= 0.3 is 0 Å². The topological polar surface area (TPSA) is 12.0 Å². The normalized spacial score (nSPS) is 17.5. The molecule has 82 valence electrons. The summed E-state index contributed by atoms with van der Waals surface area (Å²) >= 11 is 0. The minimum atomic E-state index is -0.516. The van der Waals surface area contributed by atoms with Gasteiger partial charge in [-0.25, -0.2) is 8.78 Å². The summed E-state index contributed by atoms with van der Waals surface area (Å²) < 4.78 is 26.5. The van der Waals surface area contributed by atoms with E-state index in [2.05, 4.69) is 5.32 Å². The minimum absolute atomic E-state index is 0.00523. The summed E-state index contributed by atoms with van der Waals surface area (Å²) in [5.74, 6) is -0.280. The first kappa shape index (κ1) is 10.4. The summed E-state index contributed by atoms with van der Waals surface area (Å²) in [6, 6.07) is 4.05. The summed E-state index contributed by atoms with van der Waals surface area (Å²) in [5.41, 5.74) is 0.00523. The summed E-state index contributed by atoms with van der Waals surface area (Å²) in [4.78, 5) is 0. The number of para-hydroxylation sites is 1. The molecule has 0 aliphatic heterocycles. The Morgan fingerprint density at radius 3 is 2.47 bits per heavy atom. The van der Waals surface area contributed by atoms with E-state index in [-0.39, 0.29) is 11.7 Å². The summed E-state index contributed by atoms with van der Waals surface area (Å²) in [6.45, 7) is 1.96. The lowest BCUT2D eigenvalue weighted by atomic mass is 10.1. The molecule has 1 aliphatic carbocycles. The summed E-state index contributed by atoms with van der Waals surface area (Å²) in [7, 11) is 0. The second-order valence-electron chi connectivity index (χ2n) is 4.32. The van der Waals surface area contributed by atoms with Crippen LogP contribution in [0.2, 0.25) is 0 Å². The lowest BCUT2D eigenvalue weighted by molar-refractivity contribution is 0.573. The molecule has 1 fully saturated rings. The molecule has 0 aromatic heterocycles. The SMILES string of the molecule is CC(CC1CC1)Nc1c(F)cccc1F. The van der Waals surface area contributed by atoms with Gasteiger partial charge in [-0.3, -0.25) is 0 Å². The zero-order valence-electron chi connectivity index (χ0n) is 8.76. The maximum Gasteiger partial charge on any atom is 0.149 e. The Kier molecular flexibility index (Phi) is 2.89. The smallest absolute Gasteiger partial charge is 0.149 e. The molecule has 0 spiro atoms. The summed E-state index contributed by atoms with van der Waals surface area (Å²) in [5, 5.41) is 2.90. The van der Waals surface area contributed by atoms with E-state index in [4.69, 9.17) is 0 Å². The largest absolute Gasteiger partial charge is 0.378 e. The number of halogens is 2. The average molecular weight is 211 g/mol. The number of benzene rings is 1. The molecule has 0 saturated heterocycles. The van der Waals surface area contributed by atoms with Gasteiger partial charge in [-0.05, 0) is 31.4 Å². The second-order valence-corrected chi connectivity index (χ2v) is 4.32. The van der Waals surface area contributed by atoms with Crippen molar-refractivity contribution in [3.8, 4) is 0 Å². The van der Waals surface area contributed by atoms with E-state index < -0.39 is 11.6 Å². The van der Waals surface area contributed by atoms with Crippen LogP contribution in [0.1, 0.15) is 26.2 Å². The Labute approximate surface area is 88.5 Å². The van der Waals surface area contributed by atoms with Crippen LogP contribution in [0.15, 0.2) is 18.2 Å². The molecule has 1 aromatic carbocycles. The predicted octanol–water partition coefficient (Wildman–Crippen LogP) is 3.57. The molecule has 1 N–H and O–H groups in total. The van der Waals surface area contributed by atoms with Gasteiger partial charge in [0.2, 0.25) is 0 Å². The number of rotatable bonds is 4. The van der Waals surface area contributed by atoms with Gasteiger partial charge in [0.1, 0.15) is 17.3 Å². The van der Waals surface area contributed by atoms with E-state index in [1.807, 2.05) is 6.92 Å². The number of hydrogen-bond donors (Lipinski definition) is 1. The highest BCUT2D eigenvalue weighted by Crippen LogP contribution is 2.34. The van der Waals surface area contributed by atoms with E-state index >= 15 is 0 Å². The van der Waals surface area contributed by atoms with Crippen molar-refractivity contribution in [2.24, 2.45) is 5.92 Å². The van der Waals surface area contributed by atoms with Gasteiger partial charge in [-0.2, -0.15) is 0 Å². The van der Waals surface area contributed by atoms with Gasteiger partial charge in [-0.1, -0.05) is 18.9 Å². The zero-order chi connectivity index (χ0) is 10.8. The standard InChI is InChI=1S/C12H15F2N/c1-8(7-9-5-6-9)15-12-10(13)3-2-4-11(12)14/h2-4,8-9,15H,5-7H2,1H3. The number of nitrogens with one attached hydrogen (secondary N) is 1. The monoisotopic (exact) mass is 211 g/mol. The highest BCUT2D eigenvalue weighted by atomic mass is 19.1. The van der Waals surface area contributed by atoms with E-state index in [9.17, 15) is 8.78 Å². The van der Waals surface area contributed by atoms with Crippen molar-refractivity contribution in [1.29, 1.82) is 0 Å². The lowest BCUT2D eigenvalue weighted by Gasteiger charge is -2.15. The lowest BCUT2D eigenvalue weighted by Crippen LogP contribution is -2.17. The second kappa shape index (κ2) is 4.17. The highest BCUT2D eigenvalue weighted by molar-refractivity contribution is 5.46. The van der Waals surface area contributed by atoms with Crippen LogP contribution in [0.4, 0.5) is 14.5 Å². The van der Waals surface area contributed by atoms with Crippen LogP contribution >= 0.6 is 0 Å². The molecule has 0 amide bonds. The van der Waals surface area contributed by atoms with Gasteiger partial charge in [-0.15, -0.1) is 0 Å². The van der Waals surface area contributed by atoms with Crippen LogP contribution in [0.5, 0.6) is 0 Å². The molecule has 1 aromatic rings. The fourth-order valence-corrected chi connectivity index (χ4v) is 1.79. The van der Waals surface area contributed by atoms with Crippen molar-refractivity contribution >= 4 is 5.69 Å². The maximum atomic E-state index is 13.3. The van der Waals surface area contributed by atoms with Gasteiger partial charge in [0.15, 0.2) is 0 Å². The fourth-order valence-electron chi connectivity index (χ4n) is 1.79. The molecule has 0 radical (unpaired) electrons. The minimum Gasteiger partial charge on any atom is -0.378 e. The van der Waals surface area contributed by atoms with Crippen molar-refractivity contribution < 1.29 is 8.78 Å². The van der Waals surface area contributed by atoms with Crippen molar-refractivity contribution in [2.45, 2.75) is 32.2 Å². The van der Waals surface area contributed by atoms with Crippen molar-refractivity contribution in [1.82, 2.24) is 0 Å². The molecule has 1 aliphatic rings. The molecule has 2 rings (SSSR count). The van der Waals surface area contributed by atoms with Gasteiger partial charge in [0, 0.05) is 6.04 Å². The molecule has 1 unspecified atom stereocenters. The molecule has 1 nitrogen and oxygen atoms in total. The van der Waals surface area contributed by atoms with Crippen LogP contribution in [0, 0.1) is 17.6 Å². The molecule has 1 atom stereocenters. The third kappa shape index (κ3) is 2.67. The first-order valence-corrected chi connectivity index (χ1v) is 5.37. The molecular formula is C12H15F2N. The Morgan fingerprint density at radius 1 is 1.33 bits per heavy atom. The average Bonchev–Trinajstić information content (AvgIpc) is 2.95.